The van der Waals surface area contributed by atoms with E-state index in [4.69, 9.17) is 0 Å². The van der Waals surface area contributed by atoms with Crippen LogP contribution >= 0.6 is 15.8 Å². The van der Waals surface area contributed by atoms with E-state index in [2.05, 4.69) is 49.8 Å². The summed E-state index contributed by atoms with van der Waals surface area (Å²) in [4.78, 5) is 0. The number of rotatable bonds is 4. The molecule has 0 aliphatic rings. The van der Waals surface area contributed by atoms with E-state index in [9.17, 15) is 0 Å². The van der Waals surface area contributed by atoms with Crippen molar-refractivity contribution in [2.75, 3.05) is 36.7 Å². The quantitative estimate of drug-likeness (QED) is 0.531. The van der Waals surface area contributed by atoms with Crippen molar-refractivity contribution >= 4 is 44.1 Å². The van der Waals surface area contributed by atoms with E-state index in [1.807, 2.05) is 0 Å². The SMILES string of the molecule is [CH3][Al]([CH3])[CH2]P(C)C.[CH3][Al]([CH3])[CH2]P(C)C. The molecule has 0 nitrogen and oxygen atoms in total. The molecule has 0 spiro atoms. The van der Waals surface area contributed by atoms with Crippen molar-refractivity contribution in [3.63, 3.8) is 0 Å². The maximum absolute atomic E-state index is 2.42. The zero-order valence-electron chi connectivity index (χ0n) is 11.5. The molecule has 0 N–H and O–H groups in total. The van der Waals surface area contributed by atoms with Crippen molar-refractivity contribution in [2.45, 2.75) is 23.1 Å². The van der Waals surface area contributed by atoms with Gasteiger partial charge < -0.3 is 0 Å². The molecule has 0 atom stereocenters. The highest BCUT2D eigenvalue weighted by molar-refractivity contribution is 7.58. The van der Waals surface area contributed by atoms with Gasteiger partial charge in [-0.15, -0.1) is 39.0 Å². The molecule has 0 saturated heterocycles. The third-order valence-corrected chi connectivity index (χ3v) is 13.1. The topological polar surface area (TPSA) is 0 Å². The zero-order chi connectivity index (χ0) is 11.7. The lowest BCUT2D eigenvalue weighted by Crippen LogP contribution is -2.04. The normalized spacial score (nSPS) is 9.86. The van der Waals surface area contributed by atoms with Crippen LogP contribution in [0.25, 0.3) is 0 Å². The molecule has 4 heteroatoms. The van der Waals surface area contributed by atoms with Crippen LogP contribution in [0.2, 0.25) is 23.1 Å². The van der Waals surface area contributed by atoms with Crippen molar-refractivity contribution < 1.29 is 0 Å². The van der Waals surface area contributed by atoms with Crippen LogP contribution in [0.3, 0.4) is 0 Å². The summed E-state index contributed by atoms with van der Waals surface area (Å²) in [5.41, 5.74) is 0. The molecule has 0 aliphatic carbocycles. The Morgan fingerprint density at radius 3 is 0.857 bits per heavy atom. The molecule has 0 fully saturated rings. The van der Waals surface area contributed by atoms with Gasteiger partial charge in [-0.1, -0.05) is 10.0 Å². The molecular formula is C10H28Al2P2. The average Bonchev–Trinajstić information content (AvgIpc) is 1.79. The molecular weight excluding hydrogens is 236 g/mol. The molecule has 0 amide bonds. The maximum atomic E-state index is 2.42. The van der Waals surface area contributed by atoms with Gasteiger partial charge >= 0.3 is 0 Å². The number of hydrogen-bond donors (Lipinski definition) is 0. The lowest BCUT2D eigenvalue weighted by atomic mass is 11.8. The van der Waals surface area contributed by atoms with Crippen LogP contribution in [0.1, 0.15) is 0 Å². The summed E-state index contributed by atoms with van der Waals surface area (Å²) >= 11 is -0.399. The molecule has 0 aromatic carbocycles. The highest BCUT2D eigenvalue weighted by atomic mass is 31.1. The minimum atomic E-state index is -0.200. The highest BCUT2D eigenvalue weighted by Crippen LogP contribution is 2.24. The first-order valence-electron chi connectivity index (χ1n) is 5.55. The Morgan fingerprint density at radius 1 is 0.643 bits per heavy atom. The van der Waals surface area contributed by atoms with Crippen LogP contribution in [0, 0.1) is 0 Å². The minimum absolute atomic E-state index is 0.200. The van der Waals surface area contributed by atoms with E-state index in [0.717, 1.165) is 0 Å². The van der Waals surface area contributed by atoms with Gasteiger partial charge in [-0.3, -0.25) is 0 Å². The Kier molecular flexibility index (Phi) is 14.9. The molecule has 0 aromatic heterocycles. The van der Waals surface area contributed by atoms with Gasteiger partial charge in [0.15, 0.2) is 0 Å². The zero-order valence-corrected chi connectivity index (χ0v) is 15.6. The van der Waals surface area contributed by atoms with Crippen molar-refractivity contribution in [1.29, 1.82) is 0 Å². The van der Waals surface area contributed by atoms with Gasteiger partial charge in [0.05, 0.1) is 0 Å². The van der Waals surface area contributed by atoms with Gasteiger partial charge in [-0.25, -0.2) is 0 Å². The van der Waals surface area contributed by atoms with Gasteiger partial charge in [0.25, 0.3) is 28.3 Å². The molecule has 84 valence electrons. The molecule has 0 aromatic rings. The van der Waals surface area contributed by atoms with Crippen LogP contribution in [0.4, 0.5) is 0 Å². The first-order chi connectivity index (χ1) is 6.25. The van der Waals surface area contributed by atoms with Gasteiger partial charge in [0.1, 0.15) is 0 Å². The summed E-state index contributed by atoms with van der Waals surface area (Å²) in [5.74, 6) is 9.68. The summed E-state index contributed by atoms with van der Waals surface area (Å²) < 4.78 is 0. The predicted molar refractivity (Wildman–Crippen MR) is 82.2 cm³/mol. The summed E-state index contributed by atoms with van der Waals surface area (Å²) in [6.07, 6.45) is 0. The molecule has 14 heavy (non-hydrogen) atoms. The second-order valence-electron chi connectivity index (χ2n) is 5.31. The summed E-state index contributed by atoms with van der Waals surface area (Å²) in [6.45, 7) is 9.45. The Balaban J connectivity index is 0. The Morgan fingerprint density at radius 2 is 0.857 bits per heavy atom. The molecule has 0 unspecified atom stereocenters. The molecule has 0 bridgehead atoms. The van der Waals surface area contributed by atoms with E-state index in [-0.39, 0.29) is 28.3 Å². The van der Waals surface area contributed by atoms with Crippen molar-refractivity contribution in [1.82, 2.24) is 0 Å². The second-order valence-corrected chi connectivity index (χ2v) is 18.1. The summed E-state index contributed by atoms with van der Waals surface area (Å²) in [7, 11) is 0.844. The van der Waals surface area contributed by atoms with Crippen LogP contribution in [-0.2, 0) is 0 Å². The fourth-order valence-electron chi connectivity index (χ4n) is 1.46. The van der Waals surface area contributed by atoms with Crippen molar-refractivity contribution in [2.24, 2.45) is 0 Å². The van der Waals surface area contributed by atoms with E-state index < -0.39 is 0 Å². The van der Waals surface area contributed by atoms with E-state index in [0.29, 0.717) is 15.8 Å². The summed E-state index contributed by atoms with van der Waals surface area (Å²) in [6, 6.07) is 0. The lowest BCUT2D eigenvalue weighted by molar-refractivity contribution is 1.82. The van der Waals surface area contributed by atoms with Gasteiger partial charge in [0.2, 0.25) is 0 Å². The van der Waals surface area contributed by atoms with Gasteiger partial charge in [-0.05, 0) is 26.7 Å². The first kappa shape index (κ1) is 18.3. The minimum Gasteiger partial charge on any atom is -0.126 e. The van der Waals surface area contributed by atoms with Crippen LogP contribution in [-0.4, -0.2) is 65.0 Å². The van der Waals surface area contributed by atoms with E-state index in [1.165, 1.54) is 0 Å². The largest absolute Gasteiger partial charge is 0.260 e. The van der Waals surface area contributed by atoms with Crippen LogP contribution in [0.15, 0.2) is 0 Å². The lowest BCUT2D eigenvalue weighted by Gasteiger charge is -2.02. The molecule has 0 heterocycles. The Labute approximate surface area is 104 Å². The average molecular weight is 264 g/mol. The van der Waals surface area contributed by atoms with Gasteiger partial charge in [-0.2, -0.15) is 0 Å². The van der Waals surface area contributed by atoms with Crippen LogP contribution < -0.4 is 0 Å². The highest BCUT2D eigenvalue weighted by Gasteiger charge is 2.02. The molecule has 0 saturated carbocycles. The van der Waals surface area contributed by atoms with Crippen LogP contribution in [0.5, 0.6) is 0 Å². The first-order valence-corrected chi connectivity index (χ1v) is 16.6. The Hall–Kier alpha value is 1.92. The smallest absolute Gasteiger partial charge is 0.126 e. The molecule has 0 aliphatic heterocycles. The fraction of sp³-hybridized carbons (Fsp3) is 1.00. The van der Waals surface area contributed by atoms with Crippen molar-refractivity contribution in [3.05, 3.63) is 0 Å². The third kappa shape index (κ3) is 23.6. The molecule has 0 rings (SSSR count). The predicted octanol–water partition coefficient (Wildman–Crippen LogP) is 4.04. The summed E-state index contributed by atoms with van der Waals surface area (Å²) in [5, 5.41) is 3.13. The fourth-order valence-corrected chi connectivity index (χ4v) is 13.1. The Bertz CT molecular complexity index is 88.7. The van der Waals surface area contributed by atoms with E-state index in [1.54, 1.807) is 10.0 Å². The molecule has 0 radical (unpaired) electrons. The van der Waals surface area contributed by atoms with Crippen molar-refractivity contribution in [3.8, 4) is 0 Å². The standard InChI is InChI=1S/2C3H8P.4CH3.2Al/c2*1-4(2)3;;;;;;/h2*1H2,2-3H3;4*1H3;;. The number of hydrogen-bond acceptors (Lipinski definition) is 0. The monoisotopic (exact) mass is 264 g/mol. The third-order valence-electron chi connectivity index (χ3n) is 1.46. The van der Waals surface area contributed by atoms with Gasteiger partial charge in [0, 0.05) is 0 Å². The maximum Gasteiger partial charge on any atom is 0.260 e. The second kappa shape index (κ2) is 11.4. The van der Waals surface area contributed by atoms with E-state index >= 15 is 0 Å².